The van der Waals surface area contributed by atoms with E-state index in [1.54, 1.807) is 25.1 Å². The molecule has 0 amide bonds. The third-order valence-corrected chi connectivity index (χ3v) is 4.70. The van der Waals surface area contributed by atoms with Crippen molar-refractivity contribution in [3.63, 3.8) is 0 Å². The van der Waals surface area contributed by atoms with Crippen molar-refractivity contribution in [1.82, 2.24) is 0 Å². The Bertz CT molecular complexity index is 699. The minimum Gasteiger partial charge on any atom is -0.493 e. The van der Waals surface area contributed by atoms with E-state index in [1.807, 2.05) is 30.3 Å². The Morgan fingerprint density at radius 3 is 2.30 bits per heavy atom. The van der Waals surface area contributed by atoms with Crippen LogP contribution >= 0.6 is 8.46 Å². The minimum atomic E-state index is -0.912. The van der Waals surface area contributed by atoms with Crippen LogP contribution in [0.5, 0.6) is 11.5 Å². The molecule has 0 saturated carbocycles. The maximum absolute atomic E-state index is 13.2. The lowest BCUT2D eigenvalue weighted by atomic mass is 9.77. The van der Waals surface area contributed by atoms with Gasteiger partial charge in [-0.25, -0.2) is 0 Å². The van der Waals surface area contributed by atoms with E-state index >= 15 is 0 Å². The lowest BCUT2D eigenvalue weighted by Crippen LogP contribution is -2.35. The van der Waals surface area contributed by atoms with Gasteiger partial charge in [-0.05, 0) is 24.6 Å². The number of benzene rings is 2. The van der Waals surface area contributed by atoms with E-state index < -0.39 is 5.41 Å². The molecule has 2 aromatic rings. The number of methoxy groups -OCH3 is 2. The number of ketones is 1. The monoisotopic (exact) mass is 330 g/mol. The van der Waals surface area contributed by atoms with Crippen molar-refractivity contribution < 1.29 is 18.8 Å². The number of para-hydroxylation sites is 1. The van der Waals surface area contributed by atoms with Crippen LogP contribution in [0, 0.1) is 0 Å². The lowest BCUT2D eigenvalue weighted by Gasteiger charge is -2.27. The van der Waals surface area contributed by atoms with Gasteiger partial charge >= 0.3 is 0 Å². The van der Waals surface area contributed by atoms with Crippen LogP contribution in [0.1, 0.15) is 22.8 Å². The van der Waals surface area contributed by atoms with Gasteiger partial charge in [0.1, 0.15) is 0 Å². The van der Waals surface area contributed by atoms with Crippen LogP contribution in [-0.2, 0) is 9.98 Å². The van der Waals surface area contributed by atoms with Crippen molar-refractivity contribution in [2.24, 2.45) is 0 Å². The molecule has 0 spiro atoms. The van der Waals surface area contributed by atoms with Gasteiger partial charge in [0, 0.05) is 6.16 Å². The Labute approximate surface area is 137 Å². The molecule has 23 heavy (non-hydrogen) atoms. The molecule has 0 bridgehead atoms. The zero-order valence-corrected chi connectivity index (χ0v) is 14.3. The van der Waals surface area contributed by atoms with Crippen LogP contribution in [0.25, 0.3) is 0 Å². The average molecular weight is 330 g/mol. The largest absolute Gasteiger partial charge is 0.493 e. The van der Waals surface area contributed by atoms with Crippen LogP contribution in [0.15, 0.2) is 48.5 Å². The van der Waals surface area contributed by atoms with Gasteiger partial charge in [0.05, 0.1) is 25.2 Å². The molecule has 0 radical (unpaired) electrons. The van der Waals surface area contributed by atoms with E-state index in [1.165, 1.54) is 14.2 Å². The second-order valence-corrected chi connectivity index (χ2v) is 5.93. The maximum atomic E-state index is 13.2. The quantitative estimate of drug-likeness (QED) is 0.566. The number of hydrogen-bond acceptors (Lipinski definition) is 4. The number of hydrogen-bond donors (Lipinski definition) is 0. The average Bonchev–Trinajstić information content (AvgIpc) is 2.61. The summed E-state index contributed by atoms with van der Waals surface area (Å²) < 4.78 is 21.9. The van der Waals surface area contributed by atoms with Crippen LogP contribution in [0.4, 0.5) is 0 Å². The normalized spacial score (nSPS) is 13.3. The highest BCUT2D eigenvalue weighted by atomic mass is 31.1. The summed E-state index contributed by atoms with van der Waals surface area (Å²) in [5.74, 6) is 0.737. The van der Waals surface area contributed by atoms with Crippen molar-refractivity contribution in [2.75, 3.05) is 20.4 Å². The fourth-order valence-electron chi connectivity index (χ4n) is 2.59. The Morgan fingerprint density at radius 1 is 1.04 bits per heavy atom. The maximum Gasteiger partial charge on any atom is 0.177 e. The molecule has 0 saturated heterocycles. The number of carbonyl (C=O) groups is 1. The van der Waals surface area contributed by atoms with E-state index in [9.17, 15) is 9.36 Å². The molecule has 2 aromatic carbocycles. The number of ether oxygens (including phenoxy) is 2. The van der Waals surface area contributed by atoms with E-state index in [2.05, 4.69) is 0 Å². The molecule has 0 aromatic heterocycles. The summed E-state index contributed by atoms with van der Waals surface area (Å²) in [6, 6.07) is 14.5. The molecule has 120 valence electrons. The van der Waals surface area contributed by atoms with Gasteiger partial charge in [-0.2, -0.15) is 0 Å². The SMILES string of the molecule is COc1cccc(C(=O)C(C)(CP=O)c2ccccc2)c1OC. The van der Waals surface area contributed by atoms with Gasteiger partial charge in [-0.3, -0.25) is 9.36 Å². The molecule has 0 fully saturated rings. The van der Waals surface area contributed by atoms with Gasteiger partial charge in [0.25, 0.3) is 0 Å². The van der Waals surface area contributed by atoms with Crippen molar-refractivity contribution in [3.05, 3.63) is 59.7 Å². The second-order valence-electron chi connectivity index (χ2n) is 5.36. The molecule has 1 atom stereocenters. The van der Waals surface area contributed by atoms with Gasteiger partial charge in [-0.15, -0.1) is 0 Å². The molecular weight excluding hydrogens is 311 g/mol. The first kappa shape index (κ1) is 17.2. The summed E-state index contributed by atoms with van der Waals surface area (Å²) in [5.41, 5.74) is 0.324. The number of carbonyl (C=O) groups excluding carboxylic acids is 1. The van der Waals surface area contributed by atoms with E-state index in [0.29, 0.717) is 17.1 Å². The molecule has 0 aliphatic rings. The van der Waals surface area contributed by atoms with Crippen molar-refractivity contribution in [1.29, 1.82) is 0 Å². The van der Waals surface area contributed by atoms with E-state index in [0.717, 1.165) is 5.56 Å². The van der Waals surface area contributed by atoms with Gasteiger partial charge in [0.15, 0.2) is 25.7 Å². The van der Waals surface area contributed by atoms with Crippen LogP contribution in [-0.4, -0.2) is 26.2 Å². The number of rotatable bonds is 7. The van der Waals surface area contributed by atoms with Crippen LogP contribution < -0.4 is 9.47 Å². The predicted octanol–water partition coefficient (Wildman–Crippen LogP) is 4.14. The first-order valence-corrected chi connectivity index (χ1v) is 8.18. The molecule has 0 aliphatic heterocycles. The van der Waals surface area contributed by atoms with E-state index in [4.69, 9.17) is 9.47 Å². The smallest absolute Gasteiger partial charge is 0.177 e. The summed E-state index contributed by atoms with van der Waals surface area (Å²) in [6.07, 6.45) is 0.191. The second kappa shape index (κ2) is 7.38. The van der Waals surface area contributed by atoms with Crippen molar-refractivity contribution in [2.45, 2.75) is 12.3 Å². The lowest BCUT2D eigenvalue weighted by molar-refractivity contribution is 0.0907. The fourth-order valence-corrected chi connectivity index (χ4v) is 3.18. The van der Waals surface area contributed by atoms with Crippen LogP contribution in [0.3, 0.4) is 0 Å². The Hall–Kier alpha value is -2.19. The molecule has 0 heterocycles. The summed E-state index contributed by atoms with van der Waals surface area (Å²) in [6.45, 7) is 1.80. The standard InChI is InChI=1S/C18H19O4P/c1-18(12-23-20,13-8-5-4-6-9-13)17(19)14-10-7-11-15(21-2)16(14)22-3/h4-11H,12H2,1-3H3. The fraction of sp³-hybridized carbons (Fsp3) is 0.278. The Kier molecular flexibility index (Phi) is 5.51. The topological polar surface area (TPSA) is 52.6 Å². The highest BCUT2D eigenvalue weighted by Gasteiger charge is 2.37. The summed E-state index contributed by atoms with van der Waals surface area (Å²) in [4.78, 5) is 13.2. The third kappa shape index (κ3) is 3.27. The van der Waals surface area contributed by atoms with Gasteiger partial charge in [-0.1, -0.05) is 36.4 Å². The van der Waals surface area contributed by atoms with Gasteiger partial charge < -0.3 is 9.47 Å². The highest BCUT2D eigenvalue weighted by molar-refractivity contribution is 7.23. The molecule has 0 N–H and O–H groups in total. The molecule has 1 unspecified atom stereocenters. The zero-order valence-electron chi connectivity index (χ0n) is 13.4. The highest BCUT2D eigenvalue weighted by Crippen LogP contribution is 2.38. The summed E-state index contributed by atoms with van der Waals surface area (Å²) >= 11 is 0. The molecule has 4 nitrogen and oxygen atoms in total. The zero-order chi connectivity index (χ0) is 16.9. The third-order valence-electron chi connectivity index (χ3n) is 3.94. The first-order chi connectivity index (χ1) is 11.1. The van der Waals surface area contributed by atoms with Gasteiger partial charge in [0.2, 0.25) is 0 Å². The molecular formula is C18H19O4P. The predicted molar refractivity (Wildman–Crippen MR) is 90.1 cm³/mol. The van der Waals surface area contributed by atoms with Crippen molar-refractivity contribution >= 4 is 14.2 Å². The summed E-state index contributed by atoms with van der Waals surface area (Å²) in [7, 11) is 2.94. The van der Waals surface area contributed by atoms with E-state index in [-0.39, 0.29) is 20.4 Å². The first-order valence-electron chi connectivity index (χ1n) is 7.19. The Morgan fingerprint density at radius 2 is 1.74 bits per heavy atom. The van der Waals surface area contributed by atoms with Crippen molar-refractivity contribution in [3.8, 4) is 11.5 Å². The Balaban J connectivity index is 2.58. The van der Waals surface area contributed by atoms with Crippen LogP contribution in [0.2, 0.25) is 0 Å². The molecule has 0 aliphatic carbocycles. The molecule has 2 rings (SSSR count). The minimum absolute atomic E-state index is 0.0843. The summed E-state index contributed by atoms with van der Waals surface area (Å²) in [5, 5.41) is 0. The number of Topliss-reactive ketones (excluding diaryl/α,β-unsaturated/α-hetero) is 1. The molecule has 5 heteroatoms.